The van der Waals surface area contributed by atoms with Crippen LogP contribution in [0, 0.1) is 0 Å². The predicted molar refractivity (Wildman–Crippen MR) is 136 cm³/mol. The Kier molecular flexibility index (Phi) is 6.20. The van der Waals surface area contributed by atoms with Crippen LogP contribution < -0.4 is 20.1 Å². The maximum atomic E-state index is 13.7. The molecule has 3 aromatic rings. The minimum atomic E-state index is -0.330. The van der Waals surface area contributed by atoms with Crippen LogP contribution >= 0.6 is 11.6 Å². The fourth-order valence-electron chi connectivity index (χ4n) is 4.88. The van der Waals surface area contributed by atoms with E-state index in [0.717, 1.165) is 33.8 Å². The quantitative estimate of drug-likeness (QED) is 0.429. The van der Waals surface area contributed by atoms with E-state index in [1.54, 1.807) is 7.11 Å². The van der Waals surface area contributed by atoms with E-state index >= 15 is 0 Å². The summed E-state index contributed by atoms with van der Waals surface area (Å²) in [7, 11) is 1.64. The summed E-state index contributed by atoms with van der Waals surface area (Å²) in [6.07, 6.45) is 1.12. The maximum absolute atomic E-state index is 13.7. The van der Waals surface area contributed by atoms with Crippen LogP contribution in [0.1, 0.15) is 42.9 Å². The van der Waals surface area contributed by atoms with Gasteiger partial charge in [0.25, 0.3) is 0 Å². The molecule has 0 fully saturated rings. The van der Waals surface area contributed by atoms with E-state index in [2.05, 4.69) is 10.6 Å². The van der Waals surface area contributed by atoms with Crippen LogP contribution in [0.3, 0.4) is 0 Å². The molecule has 0 bridgehead atoms. The molecule has 1 aliphatic carbocycles. The van der Waals surface area contributed by atoms with Gasteiger partial charge in [-0.25, -0.2) is 0 Å². The van der Waals surface area contributed by atoms with Crippen molar-refractivity contribution in [3.05, 3.63) is 94.1 Å². The smallest absolute Gasteiger partial charge is 0.163 e. The van der Waals surface area contributed by atoms with Gasteiger partial charge in [-0.1, -0.05) is 48.0 Å². The summed E-state index contributed by atoms with van der Waals surface area (Å²) < 4.78 is 11.2. The van der Waals surface area contributed by atoms with E-state index in [4.69, 9.17) is 21.1 Å². The summed E-state index contributed by atoms with van der Waals surface area (Å²) in [5.41, 5.74) is 5.51. The van der Waals surface area contributed by atoms with Crippen LogP contribution in [-0.4, -0.2) is 19.5 Å². The zero-order valence-corrected chi connectivity index (χ0v) is 20.0. The summed E-state index contributed by atoms with van der Waals surface area (Å²) in [6, 6.07) is 21.3. The van der Waals surface area contributed by atoms with Gasteiger partial charge in [0, 0.05) is 22.7 Å². The number of nitrogens with one attached hydrogen (secondary N) is 2. The lowest BCUT2D eigenvalue weighted by Gasteiger charge is -2.30. The molecule has 2 atom stereocenters. The molecule has 34 heavy (non-hydrogen) atoms. The van der Waals surface area contributed by atoms with Crippen LogP contribution in [-0.2, 0) is 4.79 Å². The monoisotopic (exact) mass is 474 g/mol. The SMILES string of the molecule is CCOc1ccc([C@H]2CC(=O)C3=C(C2)Nc2ccccc2N[C@@H]3c2ccccc2Cl)cc1OC. The fraction of sp³-hybridized carbons (Fsp3) is 0.250. The van der Waals surface area contributed by atoms with Crippen molar-refractivity contribution in [3.8, 4) is 11.5 Å². The van der Waals surface area contributed by atoms with Gasteiger partial charge in [0.1, 0.15) is 0 Å². The number of benzene rings is 3. The van der Waals surface area contributed by atoms with Crippen LogP contribution in [0.25, 0.3) is 0 Å². The first-order chi connectivity index (χ1) is 16.6. The van der Waals surface area contributed by atoms with Crippen molar-refractivity contribution in [2.75, 3.05) is 24.4 Å². The second-order valence-corrected chi connectivity index (χ2v) is 8.94. The lowest BCUT2D eigenvalue weighted by molar-refractivity contribution is -0.116. The number of hydrogen-bond donors (Lipinski definition) is 2. The lowest BCUT2D eigenvalue weighted by Crippen LogP contribution is -2.27. The van der Waals surface area contributed by atoms with Gasteiger partial charge in [-0.15, -0.1) is 0 Å². The van der Waals surface area contributed by atoms with Crippen molar-refractivity contribution in [3.63, 3.8) is 0 Å². The minimum absolute atomic E-state index is 0.0282. The molecular formula is C28H27ClN2O3. The summed E-state index contributed by atoms with van der Waals surface area (Å²) in [5, 5.41) is 7.78. The van der Waals surface area contributed by atoms with Gasteiger partial charge in [-0.3, -0.25) is 4.79 Å². The number of Topliss-reactive ketones (excluding diaryl/α,β-unsaturated/α-hetero) is 1. The summed E-state index contributed by atoms with van der Waals surface area (Å²) in [4.78, 5) is 13.7. The highest BCUT2D eigenvalue weighted by Crippen LogP contribution is 2.46. The van der Waals surface area contributed by atoms with Crippen molar-refractivity contribution >= 4 is 28.8 Å². The van der Waals surface area contributed by atoms with E-state index in [1.165, 1.54) is 0 Å². The van der Waals surface area contributed by atoms with Crippen molar-refractivity contribution in [1.29, 1.82) is 0 Å². The second-order valence-electron chi connectivity index (χ2n) is 8.53. The van der Waals surface area contributed by atoms with Crippen molar-refractivity contribution in [1.82, 2.24) is 0 Å². The fourth-order valence-corrected chi connectivity index (χ4v) is 5.13. The predicted octanol–water partition coefficient (Wildman–Crippen LogP) is 6.73. The number of ether oxygens (including phenoxy) is 2. The number of rotatable bonds is 5. The number of carbonyl (C=O) groups is 1. The van der Waals surface area contributed by atoms with Gasteiger partial charge in [-0.2, -0.15) is 0 Å². The number of para-hydroxylation sites is 2. The number of carbonyl (C=O) groups excluding carboxylic acids is 1. The Balaban J connectivity index is 1.57. The summed E-state index contributed by atoms with van der Waals surface area (Å²) >= 11 is 6.60. The molecule has 0 radical (unpaired) electrons. The van der Waals surface area contributed by atoms with E-state index in [0.29, 0.717) is 36.0 Å². The summed E-state index contributed by atoms with van der Waals surface area (Å²) in [5.74, 6) is 1.53. The van der Waals surface area contributed by atoms with Gasteiger partial charge in [-0.05, 0) is 60.7 Å². The molecule has 0 unspecified atom stereocenters. The molecule has 5 nitrogen and oxygen atoms in total. The van der Waals surface area contributed by atoms with Gasteiger partial charge in [0.15, 0.2) is 17.3 Å². The number of fused-ring (bicyclic) bond motifs is 1. The van der Waals surface area contributed by atoms with Gasteiger partial charge in [0.05, 0.1) is 31.1 Å². The molecule has 0 saturated heterocycles. The molecule has 0 aromatic heterocycles. The third-order valence-corrected chi connectivity index (χ3v) is 6.83. The molecule has 5 rings (SSSR count). The standard InChI is InChI=1S/C28H27ClN2O3/c1-3-34-25-13-12-17(16-26(25)33-2)18-14-23-27(24(32)15-18)28(19-8-4-5-9-20(19)29)31-22-11-7-6-10-21(22)30-23/h4-13,16,18,28,30-31H,3,14-15H2,1-2H3/t18-,28-/m1/s1. The third kappa shape index (κ3) is 4.12. The first-order valence-corrected chi connectivity index (χ1v) is 11.9. The normalized spacial score (nSPS) is 19.3. The molecule has 0 saturated carbocycles. The number of ketones is 1. The zero-order chi connectivity index (χ0) is 23.7. The van der Waals surface area contributed by atoms with Crippen LogP contribution in [0.15, 0.2) is 78.0 Å². The number of allylic oxidation sites excluding steroid dienone is 1. The van der Waals surface area contributed by atoms with Crippen molar-refractivity contribution < 1.29 is 14.3 Å². The largest absolute Gasteiger partial charge is 0.493 e. The second kappa shape index (κ2) is 9.43. The first-order valence-electron chi connectivity index (χ1n) is 11.5. The highest BCUT2D eigenvalue weighted by Gasteiger charge is 2.36. The van der Waals surface area contributed by atoms with E-state index in [9.17, 15) is 4.79 Å². The highest BCUT2D eigenvalue weighted by atomic mass is 35.5. The Bertz CT molecular complexity index is 1270. The molecule has 1 aliphatic heterocycles. The molecule has 3 aromatic carbocycles. The van der Waals surface area contributed by atoms with Gasteiger partial charge in [0.2, 0.25) is 0 Å². The minimum Gasteiger partial charge on any atom is -0.493 e. The number of methoxy groups -OCH3 is 1. The molecule has 174 valence electrons. The Labute approximate surface area is 204 Å². The third-order valence-electron chi connectivity index (χ3n) is 6.48. The molecule has 1 heterocycles. The van der Waals surface area contributed by atoms with E-state index in [1.807, 2.05) is 73.7 Å². The average molecular weight is 475 g/mol. The molecule has 6 heteroatoms. The molecule has 2 N–H and O–H groups in total. The van der Waals surface area contributed by atoms with Crippen molar-refractivity contribution in [2.45, 2.75) is 31.7 Å². The molecule has 2 aliphatic rings. The highest BCUT2D eigenvalue weighted by molar-refractivity contribution is 6.31. The Morgan fingerprint density at radius 3 is 2.50 bits per heavy atom. The number of hydrogen-bond acceptors (Lipinski definition) is 5. The molecular weight excluding hydrogens is 448 g/mol. The van der Waals surface area contributed by atoms with Gasteiger partial charge >= 0.3 is 0 Å². The zero-order valence-electron chi connectivity index (χ0n) is 19.2. The molecule has 0 spiro atoms. The first kappa shape index (κ1) is 22.4. The number of anilines is 2. The summed E-state index contributed by atoms with van der Waals surface area (Å²) in [6.45, 7) is 2.51. The number of halogens is 1. The molecule has 0 amide bonds. The van der Waals surface area contributed by atoms with Crippen LogP contribution in [0.4, 0.5) is 11.4 Å². The van der Waals surface area contributed by atoms with E-state index < -0.39 is 0 Å². The Hall–Kier alpha value is -3.44. The maximum Gasteiger partial charge on any atom is 0.163 e. The van der Waals surface area contributed by atoms with Crippen LogP contribution in [0.5, 0.6) is 11.5 Å². The average Bonchev–Trinajstić information content (AvgIpc) is 3.01. The topological polar surface area (TPSA) is 59.6 Å². The lowest BCUT2D eigenvalue weighted by atomic mass is 9.78. The Morgan fingerprint density at radius 1 is 0.971 bits per heavy atom. The van der Waals surface area contributed by atoms with Crippen LogP contribution in [0.2, 0.25) is 5.02 Å². The van der Waals surface area contributed by atoms with Gasteiger partial charge < -0.3 is 20.1 Å². The Morgan fingerprint density at radius 2 is 1.74 bits per heavy atom. The van der Waals surface area contributed by atoms with E-state index in [-0.39, 0.29) is 17.7 Å². The van der Waals surface area contributed by atoms with Crippen molar-refractivity contribution in [2.24, 2.45) is 0 Å².